The average molecular weight is 265 g/mol. The Hall–Kier alpha value is -1.71. The Morgan fingerprint density at radius 3 is 2.22 bits per heavy atom. The predicted octanol–water partition coefficient (Wildman–Crippen LogP) is 1.40. The fourth-order valence-corrected chi connectivity index (χ4v) is 1.19. The Bertz CT molecular complexity index is 360. The third kappa shape index (κ3) is 3.39. The van der Waals surface area contributed by atoms with Gasteiger partial charge in [0.25, 0.3) is 0 Å². The van der Waals surface area contributed by atoms with E-state index in [4.69, 9.17) is 6.42 Å². The Kier molecular flexibility index (Phi) is 5.69. The van der Waals surface area contributed by atoms with Gasteiger partial charge in [0.15, 0.2) is 0 Å². The van der Waals surface area contributed by atoms with Crippen molar-refractivity contribution in [3.8, 4) is 12.3 Å². The van der Waals surface area contributed by atoms with E-state index in [9.17, 15) is 22.8 Å². The Morgan fingerprint density at radius 2 is 1.89 bits per heavy atom. The summed E-state index contributed by atoms with van der Waals surface area (Å²) in [5, 5.41) is 1.62. The highest BCUT2D eigenvalue weighted by atomic mass is 19.4. The standard InChI is InChI=1S/C11H14F3NO3/c1-4-7-10(11(12,13)14,9(17)18-6-3)15-8(16)5-2/h1H,5-7H2,2-3H3,(H,15,16). The maximum atomic E-state index is 13.0. The molecule has 4 nitrogen and oxygen atoms in total. The molecule has 0 saturated heterocycles. The molecule has 1 N–H and O–H groups in total. The van der Waals surface area contributed by atoms with Crippen LogP contribution in [0.3, 0.4) is 0 Å². The SMILES string of the molecule is C#CCC(NC(=O)CC)(C(=O)OCC)C(F)(F)F. The van der Waals surface area contributed by atoms with Crippen molar-refractivity contribution in [2.75, 3.05) is 6.61 Å². The molecule has 102 valence electrons. The zero-order chi connectivity index (χ0) is 14.4. The van der Waals surface area contributed by atoms with Crippen molar-refractivity contribution >= 4 is 11.9 Å². The summed E-state index contributed by atoms with van der Waals surface area (Å²) in [6.07, 6.45) is -1.40. The first-order valence-electron chi connectivity index (χ1n) is 5.23. The Labute approximate surface area is 103 Å². The van der Waals surface area contributed by atoms with E-state index in [-0.39, 0.29) is 13.0 Å². The van der Waals surface area contributed by atoms with Crippen LogP contribution in [0.25, 0.3) is 0 Å². The zero-order valence-electron chi connectivity index (χ0n) is 10.1. The van der Waals surface area contributed by atoms with Crippen molar-refractivity contribution in [1.29, 1.82) is 0 Å². The molecule has 0 radical (unpaired) electrons. The van der Waals surface area contributed by atoms with Gasteiger partial charge >= 0.3 is 12.1 Å². The van der Waals surface area contributed by atoms with Gasteiger partial charge in [-0.1, -0.05) is 6.92 Å². The zero-order valence-corrected chi connectivity index (χ0v) is 10.1. The summed E-state index contributed by atoms with van der Waals surface area (Å²) in [6, 6.07) is 0. The van der Waals surface area contributed by atoms with Crippen LogP contribution in [0.15, 0.2) is 0 Å². The number of amides is 1. The highest BCUT2D eigenvalue weighted by Crippen LogP contribution is 2.34. The van der Waals surface area contributed by atoms with Crippen LogP contribution in [-0.2, 0) is 14.3 Å². The molecule has 1 unspecified atom stereocenters. The second-order valence-electron chi connectivity index (χ2n) is 3.41. The number of hydrogen-bond acceptors (Lipinski definition) is 3. The van der Waals surface area contributed by atoms with Gasteiger partial charge in [-0.2, -0.15) is 13.2 Å². The van der Waals surface area contributed by atoms with Crippen LogP contribution in [0.1, 0.15) is 26.7 Å². The van der Waals surface area contributed by atoms with Crippen LogP contribution in [0.2, 0.25) is 0 Å². The first-order valence-corrected chi connectivity index (χ1v) is 5.23. The van der Waals surface area contributed by atoms with Crippen LogP contribution < -0.4 is 5.32 Å². The van der Waals surface area contributed by atoms with Crippen molar-refractivity contribution in [3.05, 3.63) is 0 Å². The molecule has 0 heterocycles. The topological polar surface area (TPSA) is 55.4 Å². The number of hydrogen-bond donors (Lipinski definition) is 1. The highest BCUT2D eigenvalue weighted by Gasteiger charge is 2.62. The van der Waals surface area contributed by atoms with Crippen LogP contribution in [0, 0.1) is 12.3 Å². The quantitative estimate of drug-likeness (QED) is 0.604. The lowest BCUT2D eigenvalue weighted by Crippen LogP contribution is -2.64. The van der Waals surface area contributed by atoms with Crippen LogP contribution in [-0.4, -0.2) is 30.2 Å². The number of halogens is 3. The molecule has 1 amide bonds. The van der Waals surface area contributed by atoms with Gasteiger partial charge in [0, 0.05) is 6.42 Å². The molecular formula is C11H14F3NO3. The van der Waals surface area contributed by atoms with E-state index in [1.807, 2.05) is 0 Å². The molecular weight excluding hydrogens is 251 g/mol. The summed E-state index contributed by atoms with van der Waals surface area (Å²) in [6.45, 7) is 2.47. The van der Waals surface area contributed by atoms with Gasteiger partial charge in [-0.05, 0) is 6.92 Å². The molecule has 0 bridgehead atoms. The number of ether oxygens (including phenoxy) is 1. The van der Waals surface area contributed by atoms with E-state index in [1.165, 1.54) is 13.8 Å². The van der Waals surface area contributed by atoms with Crippen LogP contribution in [0.5, 0.6) is 0 Å². The smallest absolute Gasteiger partial charge is 0.423 e. The normalized spacial score (nSPS) is 14.2. The number of alkyl halides is 3. The Morgan fingerprint density at radius 1 is 1.33 bits per heavy atom. The molecule has 0 aliphatic carbocycles. The largest absolute Gasteiger partial charge is 0.464 e. The van der Waals surface area contributed by atoms with E-state index in [0.717, 1.165) is 0 Å². The van der Waals surface area contributed by atoms with Crippen LogP contribution >= 0.6 is 0 Å². The molecule has 18 heavy (non-hydrogen) atoms. The van der Waals surface area contributed by atoms with Crippen molar-refractivity contribution in [2.24, 2.45) is 0 Å². The molecule has 7 heteroatoms. The summed E-state index contributed by atoms with van der Waals surface area (Å²) in [5.41, 5.74) is -3.18. The minimum atomic E-state index is -5.03. The van der Waals surface area contributed by atoms with Gasteiger partial charge in [-0.25, -0.2) is 4.79 Å². The number of rotatable bonds is 5. The summed E-state index contributed by atoms with van der Waals surface area (Å²) in [7, 11) is 0. The first-order chi connectivity index (χ1) is 8.25. The lowest BCUT2D eigenvalue weighted by molar-refractivity contribution is -0.213. The molecule has 0 fully saturated rings. The lowest BCUT2D eigenvalue weighted by Gasteiger charge is -2.32. The third-order valence-electron chi connectivity index (χ3n) is 2.15. The van der Waals surface area contributed by atoms with E-state index in [1.54, 1.807) is 11.2 Å². The minimum absolute atomic E-state index is 0.207. The number of nitrogens with one attached hydrogen (secondary N) is 1. The fraction of sp³-hybridized carbons (Fsp3) is 0.636. The summed E-state index contributed by atoms with van der Waals surface area (Å²) >= 11 is 0. The summed E-state index contributed by atoms with van der Waals surface area (Å²) in [4.78, 5) is 22.7. The van der Waals surface area contributed by atoms with Gasteiger partial charge in [0.05, 0.1) is 13.0 Å². The maximum Gasteiger partial charge on any atom is 0.423 e. The monoisotopic (exact) mass is 265 g/mol. The van der Waals surface area contributed by atoms with Crippen molar-refractivity contribution < 1.29 is 27.5 Å². The van der Waals surface area contributed by atoms with Crippen molar-refractivity contribution in [3.63, 3.8) is 0 Å². The molecule has 0 saturated carbocycles. The summed E-state index contributed by atoms with van der Waals surface area (Å²) in [5.74, 6) is -0.786. The molecule has 0 aromatic rings. The molecule has 0 rings (SSSR count). The van der Waals surface area contributed by atoms with Crippen molar-refractivity contribution in [2.45, 2.75) is 38.4 Å². The molecule has 0 aliphatic rings. The second kappa shape index (κ2) is 6.28. The molecule has 1 atom stereocenters. The molecule has 0 aliphatic heterocycles. The minimum Gasteiger partial charge on any atom is -0.464 e. The number of carbonyl (C=O) groups is 2. The second-order valence-corrected chi connectivity index (χ2v) is 3.41. The van der Waals surface area contributed by atoms with E-state index >= 15 is 0 Å². The van der Waals surface area contributed by atoms with Gasteiger partial charge in [-0.15, -0.1) is 12.3 Å². The lowest BCUT2D eigenvalue weighted by atomic mass is 9.94. The number of terminal acetylenes is 1. The van der Waals surface area contributed by atoms with Crippen molar-refractivity contribution in [1.82, 2.24) is 5.32 Å². The average Bonchev–Trinajstić information content (AvgIpc) is 2.26. The number of carbonyl (C=O) groups excluding carboxylic acids is 2. The van der Waals surface area contributed by atoms with Gasteiger partial charge in [0.2, 0.25) is 11.4 Å². The Balaban J connectivity index is 5.51. The van der Waals surface area contributed by atoms with Gasteiger partial charge < -0.3 is 10.1 Å². The predicted molar refractivity (Wildman–Crippen MR) is 57.3 cm³/mol. The highest BCUT2D eigenvalue weighted by molar-refractivity contribution is 5.89. The van der Waals surface area contributed by atoms with E-state index in [0.29, 0.717) is 0 Å². The maximum absolute atomic E-state index is 13.0. The molecule has 0 aromatic carbocycles. The first kappa shape index (κ1) is 16.3. The molecule has 0 spiro atoms. The third-order valence-corrected chi connectivity index (χ3v) is 2.15. The molecule has 0 aromatic heterocycles. The van der Waals surface area contributed by atoms with E-state index < -0.39 is 30.0 Å². The fourth-order valence-electron chi connectivity index (χ4n) is 1.19. The van der Waals surface area contributed by atoms with Crippen LogP contribution in [0.4, 0.5) is 13.2 Å². The van der Waals surface area contributed by atoms with E-state index in [2.05, 4.69) is 4.74 Å². The number of esters is 1. The summed E-state index contributed by atoms with van der Waals surface area (Å²) < 4.78 is 43.4. The van der Waals surface area contributed by atoms with Gasteiger partial charge in [-0.3, -0.25) is 4.79 Å². The van der Waals surface area contributed by atoms with Gasteiger partial charge in [0.1, 0.15) is 0 Å².